The van der Waals surface area contributed by atoms with Crippen LogP contribution in [0.15, 0.2) is 164 Å². The van der Waals surface area contributed by atoms with Crippen LogP contribution in [-0.2, 0) is 10.9 Å². The minimum atomic E-state index is -0.0817. The highest BCUT2D eigenvalue weighted by molar-refractivity contribution is 7.99. The summed E-state index contributed by atoms with van der Waals surface area (Å²) in [6.07, 6.45) is 0. The molecule has 0 aliphatic rings. The van der Waals surface area contributed by atoms with Gasteiger partial charge in [-0.15, -0.1) is 0 Å². The number of hydrogen-bond acceptors (Lipinski definition) is 1. The molecule has 0 aromatic heterocycles. The molecule has 0 saturated heterocycles. The van der Waals surface area contributed by atoms with E-state index in [-0.39, 0.29) is 25.7 Å². The van der Waals surface area contributed by atoms with E-state index in [9.17, 15) is 0 Å². The van der Waals surface area contributed by atoms with Crippen molar-refractivity contribution in [3.05, 3.63) is 151 Å². The Morgan fingerprint density at radius 2 is 0.722 bits per heavy atom. The highest BCUT2D eigenvalue weighted by atomic mass is 32.2. The van der Waals surface area contributed by atoms with Crippen molar-refractivity contribution in [3.63, 3.8) is 0 Å². The van der Waals surface area contributed by atoms with Gasteiger partial charge in [0.05, 0.1) is 10.9 Å². The lowest BCUT2D eigenvalue weighted by Crippen LogP contribution is -2.04. The molecule has 0 heterocycles. The zero-order valence-corrected chi connectivity index (χ0v) is 21.2. The molecule has 0 atom stereocenters. The van der Waals surface area contributed by atoms with Crippen LogP contribution in [0.3, 0.4) is 0 Å². The van der Waals surface area contributed by atoms with Crippen molar-refractivity contribution < 1.29 is 0 Å². The van der Waals surface area contributed by atoms with Crippen LogP contribution in [0.1, 0.15) is 26.0 Å². The highest BCUT2D eigenvalue weighted by Crippen LogP contribution is 2.33. The Morgan fingerprint density at radius 3 is 1.11 bits per heavy atom. The van der Waals surface area contributed by atoms with Crippen LogP contribution in [0.5, 0.6) is 0 Å². The fourth-order valence-corrected chi connectivity index (χ4v) is 6.34. The molecule has 0 unspecified atom stereocenters. The molecule has 0 fully saturated rings. The predicted molar refractivity (Wildman–Crippen MR) is 161 cm³/mol. The molecule has 0 nitrogen and oxygen atoms in total. The average Bonchev–Trinajstić information content (AvgIpc) is 2.89. The molecule has 0 spiro atoms. The molecule has 0 aliphatic heterocycles. The standard InChI is InChI=1S/C25H21S2.C7H8.2CH4/c1-20-12-14-21(15-13-20)26-22-16-18-25(19-17-22)27(23-8-4-2-5-9-23)24-10-6-3-7-11-24;1-7-5-3-2-4-6-7;;/h2-19H,1H3;2-6H,1H3;2*1H4/q+1;;;. The molecule has 0 saturated carbocycles. The molecule has 184 valence electrons. The lowest BCUT2D eigenvalue weighted by Gasteiger charge is -2.09. The fourth-order valence-electron chi connectivity index (χ4n) is 3.44. The van der Waals surface area contributed by atoms with Crippen molar-refractivity contribution >= 4 is 22.7 Å². The van der Waals surface area contributed by atoms with Crippen molar-refractivity contribution in [2.75, 3.05) is 0 Å². The second kappa shape index (κ2) is 15.0. The van der Waals surface area contributed by atoms with Gasteiger partial charge in [-0.25, -0.2) is 0 Å². The summed E-state index contributed by atoms with van der Waals surface area (Å²) in [4.78, 5) is 6.59. The highest BCUT2D eigenvalue weighted by Gasteiger charge is 2.28. The van der Waals surface area contributed by atoms with E-state index < -0.39 is 0 Å². The summed E-state index contributed by atoms with van der Waals surface area (Å²) < 4.78 is 0. The summed E-state index contributed by atoms with van der Waals surface area (Å²) in [5.41, 5.74) is 2.62. The van der Waals surface area contributed by atoms with E-state index in [0.717, 1.165) is 0 Å². The summed E-state index contributed by atoms with van der Waals surface area (Å²) >= 11 is 1.81. The summed E-state index contributed by atoms with van der Waals surface area (Å²) in [5, 5.41) is 0. The maximum absolute atomic E-state index is 2.28. The Morgan fingerprint density at radius 1 is 0.389 bits per heavy atom. The van der Waals surface area contributed by atoms with E-state index >= 15 is 0 Å². The Hall–Kier alpha value is -3.20. The number of hydrogen-bond donors (Lipinski definition) is 0. The van der Waals surface area contributed by atoms with Crippen LogP contribution in [-0.4, -0.2) is 0 Å². The third-order valence-corrected chi connectivity index (χ3v) is 8.46. The SMILES string of the molecule is C.C.Cc1ccc(Sc2ccc([S+](c3ccccc3)c3ccccc3)cc2)cc1.Cc1ccccc1. The summed E-state index contributed by atoms with van der Waals surface area (Å²) in [7, 11) is -0.0817. The molecule has 0 aliphatic carbocycles. The largest absolute Gasteiger partial charge is 0.166 e. The topological polar surface area (TPSA) is 0 Å². The van der Waals surface area contributed by atoms with Gasteiger partial charge in [0, 0.05) is 9.79 Å². The summed E-state index contributed by atoms with van der Waals surface area (Å²) in [6.45, 7) is 4.21. The third-order valence-electron chi connectivity index (χ3n) is 5.21. The zero-order valence-electron chi connectivity index (χ0n) is 19.6. The van der Waals surface area contributed by atoms with Crippen LogP contribution in [0.2, 0.25) is 0 Å². The number of rotatable bonds is 5. The minimum absolute atomic E-state index is 0. The second-order valence-electron chi connectivity index (χ2n) is 7.97. The van der Waals surface area contributed by atoms with Crippen LogP contribution >= 0.6 is 11.8 Å². The molecule has 5 aromatic carbocycles. The van der Waals surface area contributed by atoms with Crippen molar-refractivity contribution in [2.45, 2.75) is 53.2 Å². The molecular weight excluding hydrogens is 473 g/mol. The Labute approximate surface area is 225 Å². The van der Waals surface area contributed by atoms with E-state index in [2.05, 4.69) is 135 Å². The van der Waals surface area contributed by atoms with E-state index in [0.29, 0.717) is 0 Å². The van der Waals surface area contributed by atoms with Crippen LogP contribution in [0.25, 0.3) is 0 Å². The Bertz CT molecular complexity index is 1210. The van der Waals surface area contributed by atoms with Gasteiger partial charge < -0.3 is 0 Å². The molecule has 2 heteroatoms. The van der Waals surface area contributed by atoms with Crippen molar-refractivity contribution in [3.8, 4) is 0 Å². The zero-order chi connectivity index (χ0) is 23.6. The van der Waals surface area contributed by atoms with E-state index in [1.807, 2.05) is 30.0 Å². The van der Waals surface area contributed by atoms with E-state index in [4.69, 9.17) is 0 Å². The van der Waals surface area contributed by atoms with Crippen molar-refractivity contribution in [2.24, 2.45) is 0 Å². The Balaban J connectivity index is 0.000000441. The number of benzene rings is 5. The summed E-state index contributed by atoms with van der Waals surface area (Å²) in [6, 6.07) is 49.6. The second-order valence-corrected chi connectivity index (χ2v) is 11.1. The molecule has 36 heavy (non-hydrogen) atoms. The van der Waals surface area contributed by atoms with Gasteiger partial charge in [0.2, 0.25) is 0 Å². The van der Waals surface area contributed by atoms with Gasteiger partial charge in [-0.1, -0.05) is 117 Å². The lowest BCUT2D eigenvalue weighted by atomic mass is 10.2. The van der Waals surface area contributed by atoms with Gasteiger partial charge in [-0.3, -0.25) is 0 Å². The quantitative estimate of drug-likeness (QED) is 0.212. The summed E-state index contributed by atoms with van der Waals surface area (Å²) in [5.74, 6) is 0. The molecule has 5 aromatic rings. The van der Waals surface area contributed by atoms with Crippen molar-refractivity contribution in [1.29, 1.82) is 0 Å². The molecule has 0 radical (unpaired) electrons. The lowest BCUT2D eigenvalue weighted by molar-refractivity contribution is 1.28. The van der Waals surface area contributed by atoms with Gasteiger partial charge in [0.1, 0.15) is 0 Å². The van der Waals surface area contributed by atoms with E-state index in [1.165, 1.54) is 35.6 Å². The third kappa shape index (κ3) is 8.48. The fraction of sp³-hybridized carbons (Fsp3) is 0.118. The Kier molecular flexibility index (Phi) is 12.1. The van der Waals surface area contributed by atoms with E-state index in [1.54, 1.807) is 0 Å². The maximum atomic E-state index is 2.28. The van der Waals surface area contributed by atoms with Gasteiger partial charge in [-0.2, -0.15) is 0 Å². The van der Waals surface area contributed by atoms with Gasteiger partial charge in [0.25, 0.3) is 0 Å². The average molecular weight is 510 g/mol. The molecule has 5 rings (SSSR count). The smallest absolute Gasteiger partial charge is 0.0901 e. The van der Waals surface area contributed by atoms with Crippen LogP contribution in [0.4, 0.5) is 0 Å². The molecule has 0 N–H and O–H groups in total. The van der Waals surface area contributed by atoms with Gasteiger partial charge in [0.15, 0.2) is 14.7 Å². The number of aryl methyl sites for hydroxylation is 2. The first-order valence-corrected chi connectivity index (χ1v) is 13.4. The van der Waals surface area contributed by atoms with Crippen LogP contribution in [0, 0.1) is 13.8 Å². The first kappa shape index (κ1) is 29.0. The van der Waals surface area contributed by atoms with Gasteiger partial charge in [-0.05, 0) is 74.5 Å². The van der Waals surface area contributed by atoms with Crippen LogP contribution < -0.4 is 0 Å². The molecule has 0 bridgehead atoms. The monoisotopic (exact) mass is 509 g/mol. The maximum Gasteiger partial charge on any atom is 0.166 e. The first-order valence-electron chi connectivity index (χ1n) is 11.4. The molecular formula is C34H37S2+. The normalized spacial score (nSPS) is 9.86. The predicted octanol–water partition coefficient (Wildman–Crippen LogP) is 10.5. The first-order chi connectivity index (χ1) is 16.7. The molecule has 0 amide bonds. The van der Waals surface area contributed by atoms with Crippen molar-refractivity contribution in [1.82, 2.24) is 0 Å². The minimum Gasteiger partial charge on any atom is -0.0901 e. The van der Waals surface area contributed by atoms with Gasteiger partial charge >= 0.3 is 0 Å².